The lowest BCUT2D eigenvalue weighted by molar-refractivity contribution is 0.0118. The van der Waals surface area contributed by atoms with Crippen molar-refractivity contribution in [3.8, 4) is 5.75 Å². The van der Waals surface area contributed by atoms with E-state index in [1.807, 2.05) is 5.32 Å². The summed E-state index contributed by atoms with van der Waals surface area (Å²) in [5.74, 6) is -4.13. The first kappa shape index (κ1) is 13.4. The summed E-state index contributed by atoms with van der Waals surface area (Å²) in [6.07, 6.45) is 0. The van der Waals surface area contributed by atoms with Gasteiger partial charge in [-0.3, -0.25) is 4.79 Å². The van der Waals surface area contributed by atoms with E-state index in [9.17, 15) is 18.7 Å². The predicted molar refractivity (Wildman–Crippen MR) is 59.2 cm³/mol. The maximum absolute atomic E-state index is 12.8. The molecule has 4 nitrogen and oxygen atoms in total. The van der Waals surface area contributed by atoms with Gasteiger partial charge in [0.15, 0.2) is 0 Å². The summed E-state index contributed by atoms with van der Waals surface area (Å²) >= 11 is 0. The molecule has 1 rings (SSSR count). The first-order valence-electron chi connectivity index (χ1n) is 5.01. The molecule has 6 heteroatoms. The lowest BCUT2D eigenvalue weighted by Crippen LogP contribution is -2.41. The number of aromatic hydroxyl groups is 1. The number of phenols is 1. The minimum atomic E-state index is -3.14. The quantitative estimate of drug-likeness (QED) is 0.740. The van der Waals surface area contributed by atoms with Crippen molar-refractivity contribution in [1.29, 1.82) is 0 Å². The number of hydrogen-bond acceptors (Lipinski definition) is 3. The smallest absolute Gasteiger partial charge is 0.277 e. The van der Waals surface area contributed by atoms with Gasteiger partial charge in [0.1, 0.15) is 5.75 Å². The van der Waals surface area contributed by atoms with Gasteiger partial charge in [-0.25, -0.2) is 8.78 Å². The van der Waals surface area contributed by atoms with Crippen LogP contribution in [-0.2, 0) is 0 Å². The fourth-order valence-corrected chi connectivity index (χ4v) is 1.21. The molecule has 0 saturated carbocycles. The number of amides is 1. The molecular weight excluding hydrogens is 230 g/mol. The predicted octanol–water partition coefficient (Wildman–Crippen LogP) is 1.02. The molecule has 0 radical (unpaired) electrons. The van der Waals surface area contributed by atoms with Crippen molar-refractivity contribution in [2.24, 2.45) is 5.73 Å². The van der Waals surface area contributed by atoms with Crippen molar-refractivity contribution in [3.05, 3.63) is 29.3 Å². The number of phenolic OH excluding ortho intramolecular Hbond substituents is 1. The molecular formula is C11H14F2N2O2. The van der Waals surface area contributed by atoms with Gasteiger partial charge in [0.05, 0.1) is 18.7 Å². The van der Waals surface area contributed by atoms with Gasteiger partial charge in [0, 0.05) is 0 Å². The second-order valence-corrected chi connectivity index (χ2v) is 3.76. The summed E-state index contributed by atoms with van der Waals surface area (Å²) in [7, 11) is 0. The molecule has 0 aliphatic heterocycles. The third-order valence-corrected chi connectivity index (χ3v) is 2.20. The van der Waals surface area contributed by atoms with Gasteiger partial charge in [-0.1, -0.05) is 6.07 Å². The standard InChI is InChI=1S/C11H14F2N2O2/c1-7-2-3-8(9(16)4-7)10(17)15-6-11(12,13)5-14/h2-4,16H,5-6,14H2,1H3,(H,15,17). The van der Waals surface area contributed by atoms with Gasteiger partial charge >= 0.3 is 0 Å². The van der Waals surface area contributed by atoms with Crippen molar-refractivity contribution in [1.82, 2.24) is 5.32 Å². The minimum Gasteiger partial charge on any atom is -0.507 e. The van der Waals surface area contributed by atoms with Crippen LogP contribution in [-0.4, -0.2) is 30.0 Å². The number of carbonyl (C=O) groups is 1. The van der Waals surface area contributed by atoms with Crippen molar-refractivity contribution >= 4 is 5.91 Å². The first-order valence-corrected chi connectivity index (χ1v) is 5.01. The van der Waals surface area contributed by atoms with Gasteiger partial charge < -0.3 is 16.2 Å². The topological polar surface area (TPSA) is 75.4 Å². The van der Waals surface area contributed by atoms with Crippen LogP contribution in [0.15, 0.2) is 18.2 Å². The molecule has 0 saturated heterocycles. The molecule has 0 aromatic heterocycles. The number of carbonyl (C=O) groups excluding carboxylic acids is 1. The Kier molecular flexibility index (Phi) is 4.01. The van der Waals surface area contributed by atoms with E-state index >= 15 is 0 Å². The van der Waals surface area contributed by atoms with E-state index in [-0.39, 0.29) is 11.3 Å². The Labute approximate surface area is 97.4 Å². The van der Waals surface area contributed by atoms with Crippen molar-refractivity contribution < 1.29 is 18.7 Å². The number of rotatable bonds is 4. The molecule has 0 fully saturated rings. The summed E-state index contributed by atoms with van der Waals surface area (Å²) in [4.78, 5) is 11.5. The van der Waals surface area contributed by atoms with E-state index in [1.54, 1.807) is 13.0 Å². The molecule has 1 amide bonds. The SMILES string of the molecule is Cc1ccc(C(=O)NCC(F)(F)CN)c(O)c1. The highest BCUT2D eigenvalue weighted by Gasteiger charge is 2.27. The fourth-order valence-electron chi connectivity index (χ4n) is 1.21. The highest BCUT2D eigenvalue weighted by molar-refractivity contribution is 5.96. The Morgan fingerprint density at radius 3 is 2.71 bits per heavy atom. The van der Waals surface area contributed by atoms with Gasteiger partial charge in [-0.2, -0.15) is 0 Å². The largest absolute Gasteiger partial charge is 0.507 e. The zero-order valence-corrected chi connectivity index (χ0v) is 9.34. The van der Waals surface area contributed by atoms with Gasteiger partial charge in [-0.15, -0.1) is 0 Å². The van der Waals surface area contributed by atoms with Crippen LogP contribution >= 0.6 is 0 Å². The van der Waals surface area contributed by atoms with Crippen LogP contribution < -0.4 is 11.1 Å². The van der Waals surface area contributed by atoms with Crippen LogP contribution in [0.1, 0.15) is 15.9 Å². The number of aryl methyl sites for hydroxylation is 1. The molecule has 4 N–H and O–H groups in total. The van der Waals surface area contributed by atoms with Crippen LogP contribution in [0.2, 0.25) is 0 Å². The molecule has 17 heavy (non-hydrogen) atoms. The fraction of sp³-hybridized carbons (Fsp3) is 0.364. The molecule has 0 heterocycles. The Hall–Kier alpha value is -1.69. The average molecular weight is 244 g/mol. The number of benzene rings is 1. The number of hydrogen-bond donors (Lipinski definition) is 3. The van der Waals surface area contributed by atoms with E-state index < -0.39 is 24.9 Å². The third-order valence-electron chi connectivity index (χ3n) is 2.20. The third kappa shape index (κ3) is 3.67. The summed E-state index contributed by atoms with van der Waals surface area (Å²) < 4.78 is 25.6. The summed E-state index contributed by atoms with van der Waals surface area (Å²) in [6, 6.07) is 4.37. The van der Waals surface area contributed by atoms with Crippen LogP contribution in [0.25, 0.3) is 0 Å². The van der Waals surface area contributed by atoms with Gasteiger partial charge in [0.25, 0.3) is 11.8 Å². The van der Waals surface area contributed by atoms with E-state index in [2.05, 4.69) is 0 Å². The minimum absolute atomic E-state index is 0.0385. The van der Waals surface area contributed by atoms with Gasteiger partial charge in [-0.05, 0) is 24.6 Å². The molecule has 1 aromatic rings. The van der Waals surface area contributed by atoms with E-state index in [0.29, 0.717) is 0 Å². The normalized spacial score (nSPS) is 11.3. The highest BCUT2D eigenvalue weighted by Crippen LogP contribution is 2.18. The van der Waals surface area contributed by atoms with Crippen LogP contribution in [0.4, 0.5) is 8.78 Å². The number of nitrogens with two attached hydrogens (primary N) is 1. The zero-order chi connectivity index (χ0) is 13.1. The Morgan fingerprint density at radius 1 is 1.53 bits per heavy atom. The second-order valence-electron chi connectivity index (χ2n) is 3.76. The zero-order valence-electron chi connectivity index (χ0n) is 9.34. The first-order chi connectivity index (χ1) is 7.85. The Bertz CT molecular complexity index is 422. The number of nitrogens with one attached hydrogen (secondary N) is 1. The Morgan fingerprint density at radius 2 is 2.18 bits per heavy atom. The van der Waals surface area contributed by atoms with Crippen LogP contribution in [0.3, 0.4) is 0 Å². The maximum atomic E-state index is 12.8. The lowest BCUT2D eigenvalue weighted by Gasteiger charge is -2.14. The lowest BCUT2D eigenvalue weighted by atomic mass is 10.1. The van der Waals surface area contributed by atoms with E-state index in [4.69, 9.17) is 5.73 Å². The molecule has 0 bridgehead atoms. The second kappa shape index (κ2) is 5.09. The molecule has 94 valence electrons. The molecule has 0 unspecified atom stereocenters. The van der Waals surface area contributed by atoms with Crippen molar-refractivity contribution in [3.63, 3.8) is 0 Å². The molecule has 0 aliphatic carbocycles. The average Bonchev–Trinajstić information content (AvgIpc) is 2.26. The van der Waals surface area contributed by atoms with Crippen LogP contribution in [0, 0.1) is 6.92 Å². The molecule has 0 atom stereocenters. The van der Waals surface area contributed by atoms with Crippen molar-refractivity contribution in [2.75, 3.05) is 13.1 Å². The monoisotopic (exact) mass is 244 g/mol. The molecule has 0 aliphatic rings. The molecule has 0 spiro atoms. The summed E-state index contributed by atoms with van der Waals surface area (Å²) in [5, 5.41) is 11.5. The van der Waals surface area contributed by atoms with E-state index in [0.717, 1.165) is 5.56 Å². The van der Waals surface area contributed by atoms with Gasteiger partial charge in [0.2, 0.25) is 0 Å². The number of alkyl halides is 2. The van der Waals surface area contributed by atoms with Crippen molar-refractivity contribution in [2.45, 2.75) is 12.8 Å². The summed E-state index contributed by atoms with van der Waals surface area (Å²) in [6.45, 7) is 0.0484. The number of halogens is 2. The summed E-state index contributed by atoms with van der Waals surface area (Å²) in [5.41, 5.74) is 5.56. The Balaban J connectivity index is 2.71. The van der Waals surface area contributed by atoms with Crippen LogP contribution in [0.5, 0.6) is 5.75 Å². The van der Waals surface area contributed by atoms with E-state index in [1.165, 1.54) is 12.1 Å². The molecule has 1 aromatic carbocycles. The highest BCUT2D eigenvalue weighted by atomic mass is 19.3. The maximum Gasteiger partial charge on any atom is 0.277 e.